The molecule has 3 rings (SSSR count). The summed E-state index contributed by atoms with van der Waals surface area (Å²) in [5.41, 5.74) is 0.976. The Balaban J connectivity index is 2.03. The summed E-state index contributed by atoms with van der Waals surface area (Å²) < 4.78 is 29.1. The van der Waals surface area contributed by atoms with Crippen molar-refractivity contribution < 1.29 is 18.0 Å². The molecule has 3 aromatic rings. The van der Waals surface area contributed by atoms with Crippen LogP contribution in [0, 0.1) is 0 Å². The van der Waals surface area contributed by atoms with Gasteiger partial charge in [-0.1, -0.05) is 57.3 Å². The number of benzene rings is 3. The number of nitrogens with one attached hydrogen (secondary N) is 1. The SMILES string of the molecule is CNC(=O)[C@@H](C)N(Cc1cccc(Br)c1)C(=O)CN(c1cccc(Cl)c1)S(=O)(=O)c1ccc(Cl)cc1. The van der Waals surface area contributed by atoms with E-state index in [1.807, 2.05) is 24.3 Å². The van der Waals surface area contributed by atoms with E-state index in [9.17, 15) is 18.0 Å². The van der Waals surface area contributed by atoms with E-state index in [1.54, 1.807) is 25.1 Å². The molecule has 3 aromatic carbocycles. The predicted molar refractivity (Wildman–Crippen MR) is 146 cm³/mol. The molecule has 1 atom stereocenters. The minimum absolute atomic E-state index is 0.0439. The van der Waals surface area contributed by atoms with Gasteiger partial charge in [0.2, 0.25) is 11.8 Å². The molecule has 0 bridgehead atoms. The highest BCUT2D eigenvalue weighted by molar-refractivity contribution is 9.10. The van der Waals surface area contributed by atoms with Crippen molar-refractivity contribution in [2.45, 2.75) is 24.4 Å². The first-order valence-corrected chi connectivity index (χ1v) is 13.8. The summed E-state index contributed by atoms with van der Waals surface area (Å²) >= 11 is 15.5. The number of halogens is 3. The summed E-state index contributed by atoms with van der Waals surface area (Å²) in [7, 11) is -2.71. The normalized spacial score (nSPS) is 12.0. The number of hydrogen-bond donors (Lipinski definition) is 1. The van der Waals surface area contributed by atoms with Gasteiger partial charge in [-0.05, 0) is 67.1 Å². The van der Waals surface area contributed by atoms with Crippen LogP contribution in [0.5, 0.6) is 0 Å². The van der Waals surface area contributed by atoms with Crippen molar-refractivity contribution in [3.05, 3.63) is 92.9 Å². The van der Waals surface area contributed by atoms with Gasteiger partial charge in [-0.25, -0.2) is 8.42 Å². The lowest BCUT2D eigenvalue weighted by molar-refractivity contribution is -0.139. The van der Waals surface area contributed by atoms with Crippen LogP contribution in [0.15, 0.2) is 82.2 Å². The molecule has 0 saturated carbocycles. The van der Waals surface area contributed by atoms with Gasteiger partial charge in [0.15, 0.2) is 0 Å². The molecule has 2 amide bonds. The number of rotatable bonds is 9. The first-order valence-electron chi connectivity index (χ1n) is 10.8. The molecule has 0 aliphatic heterocycles. The minimum Gasteiger partial charge on any atom is -0.357 e. The molecule has 0 spiro atoms. The fourth-order valence-corrected chi connectivity index (χ4v) is 5.68. The molecule has 7 nitrogen and oxygen atoms in total. The maximum Gasteiger partial charge on any atom is 0.264 e. The number of hydrogen-bond acceptors (Lipinski definition) is 4. The summed E-state index contributed by atoms with van der Waals surface area (Å²) in [6, 6.07) is 18.3. The monoisotopic (exact) mass is 611 g/mol. The van der Waals surface area contributed by atoms with Gasteiger partial charge in [-0.15, -0.1) is 0 Å². The van der Waals surface area contributed by atoms with Crippen molar-refractivity contribution in [3.8, 4) is 0 Å². The summed E-state index contributed by atoms with van der Waals surface area (Å²) in [5.74, 6) is -0.947. The molecule has 1 N–H and O–H groups in total. The maximum atomic E-state index is 13.7. The zero-order valence-electron chi connectivity index (χ0n) is 19.5. The first kappa shape index (κ1) is 28.0. The Labute approximate surface area is 229 Å². The Bertz CT molecular complexity index is 1350. The highest BCUT2D eigenvalue weighted by Gasteiger charge is 2.32. The highest BCUT2D eigenvalue weighted by atomic mass is 79.9. The van der Waals surface area contributed by atoms with Gasteiger partial charge in [0.25, 0.3) is 10.0 Å². The van der Waals surface area contributed by atoms with Crippen molar-refractivity contribution in [3.63, 3.8) is 0 Å². The van der Waals surface area contributed by atoms with Crippen LogP contribution in [0.3, 0.4) is 0 Å². The Hall–Kier alpha value is -2.59. The van der Waals surface area contributed by atoms with Gasteiger partial charge < -0.3 is 10.2 Å². The summed E-state index contributed by atoms with van der Waals surface area (Å²) in [5, 5.41) is 3.23. The Morgan fingerprint density at radius 3 is 2.25 bits per heavy atom. The van der Waals surface area contributed by atoms with Crippen molar-refractivity contribution in [2.24, 2.45) is 0 Å². The fourth-order valence-electron chi connectivity index (χ4n) is 3.52. The van der Waals surface area contributed by atoms with Crippen LogP contribution >= 0.6 is 39.1 Å². The van der Waals surface area contributed by atoms with Gasteiger partial charge in [0, 0.05) is 28.1 Å². The quantitative estimate of drug-likeness (QED) is 0.364. The van der Waals surface area contributed by atoms with Crippen molar-refractivity contribution in [2.75, 3.05) is 17.9 Å². The third-order valence-electron chi connectivity index (χ3n) is 5.43. The van der Waals surface area contributed by atoms with E-state index in [4.69, 9.17) is 23.2 Å². The van der Waals surface area contributed by atoms with E-state index >= 15 is 0 Å². The molecular weight excluding hydrogens is 589 g/mol. The molecule has 0 aliphatic carbocycles. The molecule has 0 aromatic heterocycles. The van der Waals surface area contributed by atoms with Crippen LogP contribution in [-0.2, 0) is 26.2 Å². The van der Waals surface area contributed by atoms with E-state index in [-0.39, 0.29) is 23.0 Å². The smallest absolute Gasteiger partial charge is 0.264 e. The van der Waals surface area contributed by atoms with Crippen LogP contribution < -0.4 is 9.62 Å². The average Bonchev–Trinajstić information content (AvgIpc) is 2.85. The maximum absolute atomic E-state index is 13.7. The second-order valence-electron chi connectivity index (χ2n) is 7.89. The van der Waals surface area contributed by atoms with Crippen molar-refractivity contribution >= 4 is 66.7 Å². The van der Waals surface area contributed by atoms with Gasteiger partial charge >= 0.3 is 0 Å². The summed E-state index contributed by atoms with van der Waals surface area (Å²) in [6.45, 7) is 1.13. The molecule has 0 aliphatic rings. The van der Waals surface area contributed by atoms with E-state index in [1.165, 1.54) is 42.3 Å². The molecule has 36 heavy (non-hydrogen) atoms. The van der Waals surface area contributed by atoms with Crippen LogP contribution in [0.1, 0.15) is 12.5 Å². The Morgan fingerprint density at radius 1 is 0.972 bits per heavy atom. The molecule has 0 saturated heterocycles. The Morgan fingerprint density at radius 2 is 1.64 bits per heavy atom. The van der Waals surface area contributed by atoms with Crippen molar-refractivity contribution in [1.29, 1.82) is 0 Å². The predicted octanol–water partition coefficient (Wildman–Crippen LogP) is 5.11. The fraction of sp³-hybridized carbons (Fsp3) is 0.200. The molecular formula is C25H24BrCl2N3O4S. The lowest BCUT2D eigenvalue weighted by atomic mass is 10.1. The number of anilines is 1. The van der Waals surface area contributed by atoms with Crippen LogP contribution in [0.25, 0.3) is 0 Å². The van der Waals surface area contributed by atoms with E-state index in [0.29, 0.717) is 10.0 Å². The number of likely N-dealkylation sites (N-methyl/N-ethyl adjacent to an activating group) is 1. The third-order valence-corrected chi connectivity index (χ3v) is 8.20. The van der Waals surface area contributed by atoms with E-state index in [2.05, 4.69) is 21.2 Å². The van der Waals surface area contributed by atoms with Gasteiger partial charge in [-0.3, -0.25) is 13.9 Å². The lowest BCUT2D eigenvalue weighted by Crippen LogP contribution is -2.50. The average molecular weight is 613 g/mol. The number of nitrogens with zero attached hydrogens (tertiary/aromatic N) is 2. The zero-order valence-corrected chi connectivity index (χ0v) is 23.4. The number of carbonyl (C=O) groups excluding carboxylic acids is 2. The van der Waals surface area contributed by atoms with E-state index in [0.717, 1.165) is 14.3 Å². The van der Waals surface area contributed by atoms with E-state index < -0.39 is 28.5 Å². The molecule has 0 unspecified atom stereocenters. The molecule has 11 heteroatoms. The largest absolute Gasteiger partial charge is 0.357 e. The van der Waals surface area contributed by atoms with Gasteiger partial charge in [0.1, 0.15) is 12.6 Å². The lowest BCUT2D eigenvalue weighted by Gasteiger charge is -2.31. The molecule has 0 radical (unpaired) electrons. The Kier molecular flexibility index (Phi) is 9.41. The molecule has 0 fully saturated rings. The van der Waals surface area contributed by atoms with Gasteiger partial charge in [0.05, 0.1) is 10.6 Å². The second-order valence-corrected chi connectivity index (χ2v) is 11.5. The van der Waals surface area contributed by atoms with Crippen LogP contribution in [0.4, 0.5) is 5.69 Å². The third kappa shape index (κ3) is 6.79. The summed E-state index contributed by atoms with van der Waals surface area (Å²) in [4.78, 5) is 27.5. The van der Waals surface area contributed by atoms with Crippen molar-refractivity contribution in [1.82, 2.24) is 10.2 Å². The van der Waals surface area contributed by atoms with Crippen LogP contribution in [0.2, 0.25) is 10.0 Å². The van der Waals surface area contributed by atoms with Crippen LogP contribution in [-0.4, -0.2) is 44.8 Å². The molecule has 190 valence electrons. The highest BCUT2D eigenvalue weighted by Crippen LogP contribution is 2.27. The zero-order chi connectivity index (χ0) is 26.5. The van der Waals surface area contributed by atoms with Gasteiger partial charge in [-0.2, -0.15) is 0 Å². The number of amides is 2. The number of sulfonamides is 1. The minimum atomic E-state index is -4.19. The standard InChI is InChI=1S/C25H24BrCl2N3O4S/c1-17(25(33)29-2)30(15-18-5-3-6-19(26)13-18)24(32)16-31(22-8-4-7-21(28)14-22)36(34,35)23-11-9-20(27)10-12-23/h3-14,17H,15-16H2,1-2H3,(H,29,33)/t17-/m1/s1. The number of carbonyl (C=O) groups is 2. The summed E-state index contributed by atoms with van der Waals surface area (Å²) in [6.07, 6.45) is 0. The first-order chi connectivity index (χ1) is 17.0. The second kappa shape index (κ2) is 12.1. The topological polar surface area (TPSA) is 86.8 Å². The molecule has 0 heterocycles.